The fraction of sp³-hybridized carbons (Fsp3) is 0.200. The van der Waals surface area contributed by atoms with E-state index in [1.54, 1.807) is 23.3 Å². The van der Waals surface area contributed by atoms with Crippen LogP contribution in [0.15, 0.2) is 79.4 Å². The Kier molecular flexibility index (Phi) is 5.37. The molecule has 0 atom stereocenters. The summed E-state index contributed by atoms with van der Waals surface area (Å²) in [5, 5.41) is 4.80. The molecule has 1 amide bonds. The van der Waals surface area contributed by atoms with Gasteiger partial charge in [0.1, 0.15) is 11.5 Å². The van der Waals surface area contributed by atoms with Crippen LogP contribution in [0.4, 0.5) is 5.82 Å². The molecule has 0 N–H and O–H groups in total. The molecule has 0 aliphatic carbocycles. The number of carbonyl (C=O) groups excluding carboxylic acids is 1. The first kappa shape index (κ1) is 19.9. The summed E-state index contributed by atoms with van der Waals surface area (Å²) in [7, 11) is 0. The van der Waals surface area contributed by atoms with E-state index in [1.165, 1.54) is 5.56 Å². The van der Waals surface area contributed by atoms with Crippen molar-refractivity contribution in [2.75, 3.05) is 31.1 Å². The van der Waals surface area contributed by atoms with Gasteiger partial charge in [-0.05, 0) is 19.1 Å². The van der Waals surface area contributed by atoms with Gasteiger partial charge in [0.15, 0.2) is 0 Å². The zero-order valence-electron chi connectivity index (χ0n) is 17.9. The second-order valence-corrected chi connectivity index (χ2v) is 7.88. The van der Waals surface area contributed by atoms with Crippen LogP contribution in [0.1, 0.15) is 15.9 Å². The van der Waals surface area contributed by atoms with Crippen molar-refractivity contribution in [1.29, 1.82) is 0 Å². The van der Waals surface area contributed by atoms with Crippen molar-refractivity contribution in [3.8, 4) is 16.9 Å². The van der Waals surface area contributed by atoms with Crippen LogP contribution < -0.4 is 4.90 Å². The molecule has 5 rings (SSSR count). The number of aryl methyl sites for hydroxylation is 1. The van der Waals surface area contributed by atoms with E-state index in [2.05, 4.69) is 21.8 Å². The van der Waals surface area contributed by atoms with Crippen LogP contribution >= 0.6 is 0 Å². The molecular formula is C25H24N6O. The smallest absolute Gasteiger partial charge is 0.257 e. The van der Waals surface area contributed by atoms with Crippen LogP contribution in [0.3, 0.4) is 0 Å². The van der Waals surface area contributed by atoms with Crippen LogP contribution in [0.25, 0.3) is 16.9 Å². The summed E-state index contributed by atoms with van der Waals surface area (Å²) in [5.74, 6) is 0.845. The first-order valence-electron chi connectivity index (χ1n) is 10.7. The molecule has 7 heteroatoms. The molecule has 2 aromatic carbocycles. The number of nitrogens with zero attached hydrogens (tertiary/aromatic N) is 6. The Bertz CT molecular complexity index is 1200. The average Bonchev–Trinajstić information content (AvgIpc) is 3.31. The fourth-order valence-corrected chi connectivity index (χ4v) is 3.93. The lowest BCUT2D eigenvalue weighted by molar-refractivity contribution is 0.0747. The van der Waals surface area contributed by atoms with Gasteiger partial charge in [0.25, 0.3) is 5.91 Å². The van der Waals surface area contributed by atoms with E-state index in [4.69, 9.17) is 5.10 Å². The van der Waals surface area contributed by atoms with Crippen molar-refractivity contribution in [2.45, 2.75) is 6.92 Å². The molecule has 1 fully saturated rings. The molecule has 0 bridgehead atoms. The van der Waals surface area contributed by atoms with Gasteiger partial charge in [-0.3, -0.25) is 9.78 Å². The third-order valence-electron chi connectivity index (χ3n) is 5.73. The summed E-state index contributed by atoms with van der Waals surface area (Å²) in [6, 6.07) is 18.0. The molecule has 4 aromatic rings. The number of amides is 1. The van der Waals surface area contributed by atoms with E-state index in [-0.39, 0.29) is 5.91 Å². The maximum atomic E-state index is 13.6. The summed E-state index contributed by atoms with van der Waals surface area (Å²) in [4.78, 5) is 26.1. The maximum absolute atomic E-state index is 13.6. The van der Waals surface area contributed by atoms with Gasteiger partial charge in [0, 0.05) is 50.3 Å². The molecule has 0 radical (unpaired) electrons. The summed E-state index contributed by atoms with van der Waals surface area (Å²) >= 11 is 0. The number of piperazine rings is 1. The molecule has 2 aromatic heterocycles. The highest BCUT2D eigenvalue weighted by Gasteiger charge is 2.27. The van der Waals surface area contributed by atoms with Gasteiger partial charge in [-0.1, -0.05) is 48.0 Å². The maximum Gasteiger partial charge on any atom is 0.257 e. The second kappa shape index (κ2) is 8.63. The first-order chi connectivity index (χ1) is 15.7. The average molecular weight is 425 g/mol. The first-order valence-corrected chi connectivity index (χ1v) is 10.7. The van der Waals surface area contributed by atoms with E-state index in [9.17, 15) is 4.79 Å². The monoisotopic (exact) mass is 424 g/mol. The molecule has 1 aliphatic rings. The highest BCUT2D eigenvalue weighted by Crippen LogP contribution is 2.26. The summed E-state index contributed by atoms with van der Waals surface area (Å²) in [6.07, 6.45) is 6.97. The number of hydrogen-bond donors (Lipinski definition) is 0. The summed E-state index contributed by atoms with van der Waals surface area (Å²) < 4.78 is 1.80. The molecule has 32 heavy (non-hydrogen) atoms. The van der Waals surface area contributed by atoms with E-state index in [1.807, 2.05) is 65.7 Å². The summed E-state index contributed by atoms with van der Waals surface area (Å²) in [5.41, 5.74) is 4.36. The molecule has 0 spiro atoms. The van der Waals surface area contributed by atoms with Crippen molar-refractivity contribution < 1.29 is 4.79 Å². The Morgan fingerprint density at radius 1 is 0.906 bits per heavy atom. The Morgan fingerprint density at radius 3 is 2.34 bits per heavy atom. The van der Waals surface area contributed by atoms with Gasteiger partial charge >= 0.3 is 0 Å². The molecule has 3 heterocycles. The van der Waals surface area contributed by atoms with Gasteiger partial charge in [-0.15, -0.1) is 0 Å². The minimum atomic E-state index is 0.000936. The van der Waals surface area contributed by atoms with Gasteiger partial charge in [0.2, 0.25) is 0 Å². The highest BCUT2D eigenvalue weighted by atomic mass is 16.2. The third-order valence-corrected chi connectivity index (χ3v) is 5.73. The SMILES string of the molecule is Cc1ccc(-n2cc(C(=O)N3CCN(c4cnccn4)CC3)c(-c3ccccc3)n2)cc1. The largest absolute Gasteiger partial charge is 0.352 e. The van der Waals surface area contributed by atoms with Gasteiger partial charge < -0.3 is 9.80 Å². The van der Waals surface area contributed by atoms with Crippen molar-refractivity contribution in [3.63, 3.8) is 0 Å². The molecule has 0 saturated carbocycles. The zero-order valence-corrected chi connectivity index (χ0v) is 17.9. The Morgan fingerprint density at radius 2 is 1.66 bits per heavy atom. The lowest BCUT2D eigenvalue weighted by Gasteiger charge is -2.35. The molecule has 7 nitrogen and oxygen atoms in total. The normalized spacial score (nSPS) is 13.9. The minimum Gasteiger partial charge on any atom is -0.352 e. The molecule has 1 saturated heterocycles. The van der Waals surface area contributed by atoms with E-state index < -0.39 is 0 Å². The predicted molar refractivity (Wildman–Crippen MR) is 124 cm³/mol. The van der Waals surface area contributed by atoms with E-state index in [0.717, 1.165) is 30.2 Å². The molecular weight excluding hydrogens is 400 g/mol. The Balaban J connectivity index is 1.43. The number of anilines is 1. The molecule has 0 unspecified atom stereocenters. The summed E-state index contributed by atoms with van der Waals surface area (Å²) in [6.45, 7) is 4.74. The van der Waals surface area contributed by atoms with Crippen molar-refractivity contribution in [2.24, 2.45) is 0 Å². The predicted octanol–water partition coefficient (Wildman–Crippen LogP) is 3.60. The van der Waals surface area contributed by atoms with Crippen molar-refractivity contribution in [3.05, 3.63) is 90.5 Å². The van der Waals surface area contributed by atoms with Gasteiger partial charge in [-0.25, -0.2) is 9.67 Å². The van der Waals surface area contributed by atoms with E-state index >= 15 is 0 Å². The highest BCUT2D eigenvalue weighted by molar-refractivity contribution is 6.00. The molecule has 1 aliphatic heterocycles. The van der Waals surface area contributed by atoms with Crippen LogP contribution in [0.5, 0.6) is 0 Å². The lowest BCUT2D eigenvalue weighted by atomic mass is 10.1. The number of rotatable bonds is 4. The van der Waals surface area contributed by atoms with Crippen molar-refractivity contribution >= 4 is 11.7 Å². The number of hydrogen-bond acceptors (Lipinski definition) is 5. The Hall–Kier alpha value is -4.00. The minimum absolute atomic E-state index is 0.000936. The topological polar surface area (TPSA) is 67.2 Å². The number of benzene rings is 2. The van der Waals surface area contributed by atoms with E-state index in [0.29, 0.717) is 24.3 Å². The van der Waals surface area contributed by atoms with Gasteiger partial charge in [0.05, 0.1) is 17.4 Å². The van der Waals surface area contributed by atoms with Crippen LogP contribution in [-0.4, -0.2) is 56.7 Å². The Labute approximate surface area is 187 Å². The lowest BCUT2D eigenvalue weighted by Crippen LogP contribution is -2.49. The number of aromatic nitrogens is 4. The second-order valence-electron chi connectivity index (χ2n) is 7.88. The van der Waals surface area contributed by atoms with Crippen LogP contribution in [0, 0.1) is 6.92 Å². The van der Waals surface area contributed by atoms with Crippen molar-refractivity contribution in [1.82, 2.24) is 24.6 Å². The number of carbonyl (C=O) groups is 1. The standard InChI is InChI=1S/C25H24N6O/c1-19-7-9-21(10-8-19)31-18-22(24(28-31)20-5-3-2-4-6-20)25(32)30-15-13-29(14-16-30)23-17-26-11-12-27-23/h2-12,17-18H,13-16H2,1H3. The third kappa shape index (κ3) is 3.97. The van der Waals surface area contributed by atoms with Gasteiger partial charge in [-0.2, -0.15) is 5.10 Å². The zero-order chi connectivity index (χ0) is 21.9. The molecule has 160 valence electrons. The quantitative estimate of drug-likeness (QED) is 0.501. The fourth-order valence-electron chi connectivity index (χ4n) is 3.93. The van der Waals surface area contributed by atoms with Crippen LogP contribution in [-0.2, 0) is 0 Å². The van der Waals surface area contributed by atoms with Crippen LogP contribution in [0.2, 0.25) is 0 Å².